The predicted octanol–water partition coefficient (Wildman–Crippen LogP) is 2.00. The molecule has 2 atom stereocenters. The first-order valence-corrected chi connectivity index (χ1v) is 6.54. The van der Waals surface area contributed by atoms with Gasteiger partial charge < -0.3 is 14.2 Å². The van der Waals surface area contributed by atoms with Crippen LogP contribution < -0.4 is 0 Å². The lowest BCUT2D eigenvalue weighted by molar-refractivity contribution is -0.149. The van der Waals surface area contributed by atoms with E-state index in [1.54, 1.807) is 13.0 Å². The molecule has 0 spiro atoms. The first kappa shape index (κ1) is 15.9. The Morgan fingerprint density at radius 3 is 2.58 bits per heavy atom. The van der Waals surface area contributed by atoms with Crippen LogP contribution in [-0.4, -0.2) is 36.4 Å². The van der Waals surface area contributed by atoms with Gasteiger partial charge in [0.15, 0.2) is 11.6 Å². The third-order valence-electron chi connectivity index (χ3n) is 2.68. The SMILES string of the molecule is CCOC(=O)CC[C@@H]1OC(C)(C)O[C@H]1/C=C/C(C)=O. The third kappa shape index (κ3) is 5.53. The zero-order valence-corrected chi connectivity index (χ0v) is 12.0. The summed E-state index contributed by atoms with van der Waals surface area (Å²) in [7, 11) is 0. The van der Waals surface area contributed by atoms with Gasteiger partial charge in [-0.3, -0.25) is 9.59 Å². The van der Waals surface area contributed by atoms with Crippen molar-refractivity contribution in [2.75, 3.05) is 6.61 Å². The molecule has 0 unspecified atom stereocenters. The minimum absolute atomic E-state index is 0.0440. The second kappa shape index (κ2) is 6.82. The van der Waals surface area contributed by atoms with Crippen LogP contribution in [-0.2, 0) is 23.8 Å². The van der Waals surface area contributed by atoms with Gasteiger partial charge in [0, 0.05) is 6.42 Å². The molecule has 0 amide bonds. The monoisotopic (exact) mass is 270 g/mol. The van der Waals surface area contributed by atoms with Crippen molar-refractivity contribution in [1.82, 2.24) is 0 Å². The van der Waals surface area contributed by atoms with E-state index in [1.807, 2.05) is 13.8 Å². The fourth-order valence-electron chi connectivity index (χ4n) is 1.97. The molecular formula is C14H22O5. The van der Waals surface area contributed by atoms with Crippen molar-refractivity contribution in [2.45, 2.75) is 58.5 Å². The lowest BCUT2D eigenvalue weighted by atomic mass is 10.1. The molecule has 1 aliphatic rings. The molecule has 108 valence electrons. The lowest BCUT2D eigenvalue weighted by Gasteiger charge is -2.16. The van der Waals surface area contributed by atoms with Gasteiger partial charge in [0.2, 0.25) is 0 Å². The number of hydrogen-bond donors (Lipinski definition) is 0. The summed E-state index contributed by atoms with van der Waals surface area (Å²) in [5.74, 6) is -0.993. The summed E-state index contributed by atoms with van der Waals surface area (Å²) in [6.45, 7) is 7.25. The molecule has 0 bridgehead atoms. The Bertz CT molecular complexity index is 359. The first-order chi connectivity index (χ1) is 8.84. The average molecular weight is 270 g/mol. The van der Waals surface area contributed by atoms with Crippen LogP contribution in [0, 0.1) is 0 Å². The molecule has 1 heterocycles. The van der Waals surface area contributed by atoms with Crippen molar-refractivity contribution in [2.24, 2.45) is 0 Å². The minimum atomic E-state index is -0.703. The number of carbonyl (C=O) groups is 2. The molecule has 0 radical (unpaired) electrons. The molecule has 1 fully saturated rings. The van der Waals surface area contributed by atoms with E-state index in [4.69, 9.17) is 14.2 Å². The number of hydrogen-bond acceptors (Lipinski definition) is 5. The van der Waals surface area contributed by atoms with Crippen LogP contribution in [0.2, 0.25) is 0 Å². The van der Waals surface area contributed by atoms with E-state index in [0.717, 1.165) is 0 Å². The summed E-state index contributed by atoms with van der Waals surface area (Å²) in [6, 6.07) is 0. The third-order valence-corrected chi connectivity index (χ3v) is 2.68. The summed E-state index contributed by atoms with van der Waals surface area (Å²) < 4.78 is 16.3. The number of ether oxygens (including phenoxy) is 3. The number of ketones is 1. The first-order valence-electron chi connectivity index (χ1n) is 6.54. The largest absolute Gasteiger partial charge is 0.466 e. The molecule has 1 aliphatic heterocycles. The maximum absolute atomic E-state index is 11.3. The minimum Gasteiger partial charge on any atom is -0.466 e. The molecule has 0 aromatic rings. The second-order valence-corrected chi connectivity index (χ2v) is 4.95. The molecule has 0 saturated carbocycles. The molecule has 1 saturated heterocycles. The van der Waals surface area contributed by atoms with Gasteiger partial charge in [0.25, 0.3) is 0 Å². The van der Waals surface area contributed by atoms with E-state index in [1.165, 1.54) is 13.0 Å². The van der Waals surface area contributed by atoms with Crippen LogP contribution in [0.25, 0.3) is 0 Å². The Kier molecular flexibility index (Phi) is 5.69. The van der Waals surface area contributed by atoms with Gasteiger partial charge in [-0.2, -0.15) is 0 Å². The van der Waals surface area contributed by atoms with Gasteiger partial charge in [0.1, 0.15) is 6.10 Å². The molecule has 0 N–H and O–H groups in total. The molecule has 0 aromatic heterocycles. The zero-order valence-electron chi connectivity index (χ0n) is 12.0. The van der Waals surface area contributed by atoms with Crippen LogP contribution in [0.4, 0.5) is 0 Å². The Hall–Kier alpha value is -1.20. The molecule has 1 rings (SSSR count). The molecule has 5 nitrogen and oxygen atoms in total. The van der Waals surface area contributed by atoms with Crippen molar-refractivity contribution in [3.05, 3.63) is 12.2 Å². The summed E-state index contributed by atoms with van der Waals surface area (Å²) in [6.07, 6.45) is 3.39. The highest BCUT2D eigenvalue weighted by Crippen LogP contribution is 2.31. The van der Waals surface area contributed by atoms with E-state index in [2.05, 4.69) is 0 Å². The zero-order chi connectivity index (χ0) is 14.5. The van der Waals surface area contributed by atoms with Crippen LogP contribution in [0.3, 0.4) is 0 Å². The number of esters is 1. The van der Waals surface area contributed by atoms with Crippen LogP contribution in [0.5, 0.6) is 0 Å². The highest BCUT2D eigenvalue weighted by molar-refractivity contribution is 5.87. The topological polar surface area (TPSA) is 61.8 Å². The molecule has 19 heavy (non-hydrogen) atoms. The highest BCUT2D eigenvalue weighted by atomic mass is 16.7. The van der Waals surface area contributed by atoms with E-state index in [0.29, 0.717) is 13.0 Å². The summed E-state index contributed by atoms with van der Waals surface area (Å²) in [4.78, 5) is 22.3. The molecular weight excluding hydrogens is 248 g/mol. The predicted molar refractivity (Wildman–Crippen MR) is 69.5 cm³/mol. The normalized spacial score (nSPS) is 25.7. The van der Waals surface area contributed by atoms with Gasteiger partial charge in [0.05, 0.1) is 12.7 Å². The number of carbonyl (C=O) groups excluding carboxylic acids is 2. The summed E-state index contributed by atoms with van der Waals surface area (Å²) in [5, 5.41) is 0. The lowest BCUT2D eigenvalue weighted by Crippen LogP contribution is -2.22. The van der Waals surface area contributed by atoms with Crippen molar-refractivity contribution in [1.29, 1.82) is 0 Å². The van der Waals surface area contributed by atoms with Crippen molar-refractivity contribution in [3.8, 4) is 0 Å². The van der Waals surface area contributed by atoms with Gasteiger partial charge in [-0.1, -0.05) is 0 Å². The van der Waals surface area contributed by atoms with E-state index in [-0.39, 0.29) is 30.4 Å². The highest BCUT2D eigenvalue weighted by Gasteiger charge is 2.39. The van der Waals surface area contributed by atoms with Crippen LogP contribution >= 0.6 is 0 Å². The maximum atomic E-state index is 11.3. The summed E-state index contributed by atoms with van der Waals surface area (Å²) in [5.41, 5.74) is 0. The van der Waals surface area contributed by atoms with Crippen molar-refractivity contribution < 1.29 is 23.8 Å². The molecule has 5 heteroatoms. The fraction of sp³-hybridized carbons (Fsp3) is 0.714. The van der Waals surface area contributed by atoms with Crippen molar-refractivity contribution in [3.63, 3.8) is 0 Å². The maximum Gasteiger partial charge on any atom is 0.305 e. The standard InChI is InChI=1S/C14H22O5/c1-5-17-13(16)9-8-12-11(7-6-10(2)15)18-14(3,4)19-12/h6-7,11-12H,5,8-9H2,1-4H3/b7-6+/t11-,12-/m0/s1. The van der Waals surface area contributed by atoms with Crippen molar-refractivity contribution >= 4 is 11.8 Å². The quantitative estimate of drug-likeness (QED) is 0.545. The fourth-order valence-corrected chi connectivity index (χ4v) is 1.97. The van der Waals surface area contributed by atoms with Gasteiger partial charge in [-0.15, -0.1) is 0 Å². The average Bonchev–Trinajstić information content (AvgIpc) is 2.59. The van der Waals surface area contributed by atoms with E-state index in [9.17, 15) is 9.59 Å². The Labute approximate surface area is 113 Å². The van der Waals surface area contributed by atoms with Gasteiger partial charge in [-0.05, 0) is 46.3 Å². The van der Waals surface area contributed by atoms with Gasteiger partial charge in [-0.25, -0.2) is 0 Å². The Morgan fingerprint density at radius 2 is 2.00 bits per heavy atom. The van der Waals surface area contributed by atoms with Crippen LogP contribution in [0.15, 0.2) is 12.2 Å². The summed E-state index contributed by atoms with van der Waals surface area (Å²) >= 11 is 0. The molecule has 0 aromatic carbocycles. The van der Waals surface area contributed by atoms with E-state index >= 15 is 0 Å². The smallest absolute Gasteiger partial charge is 0.305 e. The Balaban J connectivity index is 2.57. The number of rotatable bonds is 6. The van der Waals surface area contributed by atoms with E-state index < -0.39 is 5.79 Å². The molecule has 0 aliphatic carbocycles. The van der Waals surface area contributed by atoms with Crippen LogP contribution in [0.1, 0.15) is 40.5 Å². The Morgan fingerprint density at radius 1 is 1.32 bits per heavy atom. The number of allylic oxidation sites excluding steroid dienone is 1. The van der Waals surface area contributed by atoms with Gasteiger partial charge >= 0.3 is 5.97 Å². The second-order valence-electron chi connectivity index (χ2n) is 4.95.